The van der Waals surface area contributed by atoms with Crippen LogP contribution in [-0.4, -0.2) is 23.7 Å². The minimum Gasteiger partial charge on any atom is -0.508 e. The van der Waals surface area contributed by atoms with Gasteiger partial charge in [0.2, 0.25) is 5.91 Å². The monoisotopic (exact) mass is 249 g/mol. The number of rotatable bonds is 3. The summed E-state index contributed by atoms with van der Waals surface area (Å²) in [6, 6.07) is 5.13. The Kier molecular flexibility index (Phi) is 3.87. The molecule has 0 aromatic heterocycles. The zero-order chi connectivity index (χ0) is 13.1. The summed E-state index contributed by atoms with van der Waals surface area (Å²) in [5, 5.41) is 12.5. The molecule has 0 saturated carbocycles. The first-order chi connectivity index (χ1) is 8.63. The molecular formula is C14H19NO3. The van der Waals surface area contributed by atoms with Crippen LogP contribution in [0.25, 0.3) is 0 Å². The number of benzene rings is 1. The lowest BCUT2D eigenvalue weighted by Crippen LogP contribution is -2.29. The summed E-state index contributed by atoms with van der Waals surface area (Å²) in [4.78, 5) is 12.2. The predicted molar refractivity (Wildman–Crippen MR) is 69.6 cm³/mol. The summed E-state index contributed by atoms with van der Waals surface area (Å²) < 4.78 is 5.52. The van der Waals surface area contributed by atoms with Crippen molar-refractivity contribution in [1.29, 1.82) is 0 Å². The van der Waals surface area contributed by atoms with Gasteiger partial charge in [0, 0.05) is 17.9 Å². The molecule has 2 unspecified atom stereocenters. The molecule has 4 nitrogen and oxygen atoms in total. The highest BCUT2D eigenvalue weighted by Gasteiger charge is 2.32. The van der Waals surface area contributed by atoms with Gasteiger partial charge in [-0.2, -0.15) is 0 Å². The van der Waals surface area contributed by atoms with E-state index in [-0.39, 0.29) is 23.7 Å². The van der Waals surface area contributed by atoms with Crippen molar-refractivity contribution >= 4 is 11.6 Å². The zero-order valence-corrected chi connectivity index (χ0v) is 10.8. The van der Waals surface area contributed by atoms with E-state index >= 15 is 0 Å². The van der Waals surface area contributed by atoms with E-state index in [4.69, 9.17) is 4.74 Å². The number of nitrogens with one attached hydrogen (secondary N) is 1. The van der Waals surface area contributed by atoms with Gasteiger partial charge in [0.25, 0.3) is 0 Å². The molecule has 1 aliphatic rings. The number of phenols is 1. The van der Waals surface area contributed by atoms with E-state index in [2.05, 4.69) is 5.32 Å². The van der Waals surface area contributed by atoms with E-state index in [9.17, 15) is 9.90 Å². The van der Waals surface area contributed by atoms with Gasteiger partial charge in [0.15, 0.2) is 0 Å². The standard InChI is InChI=1S/C14H19NO3/c1-3-13-10(7-8-18-13)14(17)15-11-5-4-6-12(16)9(11)2/h4-6,10,13,16H,3,7-8H2,1-2H3,(H,15,17). The van der Waals surface area contributed by atoms with Gasteiger partial charge < -0.3 is 15.2 Å². The van der Waals surface area contributed by atoms with Crippen molar-refractivity contribution in [3.8, 4) is 5.75 Å². The Hall–Kier alpha value is -1.55. The molecule has 1 amide bonds. The molecule has 1 aromatic rings. The quantitative estimate of drug-likeness (QED) is 0.865. The predicted octanol–water partition coefficient (Wildman–Crippen LogP) is 2.45. The molecule has 1 fully saturated rings. The van der Waals surface area contributed by atoms with Crippen LogP contribution in [0.1, 0.15) is 25.3 Å². The molecule has 4 heteroatoms. The lowest BCUT2D eigenvalue weighted by atomic mass is 9.98. The lowest BCUT2D eigenvalue weighted by molar-refractivity contribution is -0.121. The van der Waals surface area contributed by atoms with Crippen molar-refractivity contribution in [1.82, 2.24) is 0 Å². The molecule has 1 heterocycles. The molecule has 2 rings (SSSR count). The van der Waals surface area contributed by atoms with Crippen molar-refractivity contribution in [2.24, 2.45) is 5.92 Å². The Bertz CT molecular complexity index is 445. The van der Waals surface area contributed by atoms with Crippen LogP contribution in [0.2, 0.25) is 0 Å². The summed E-state index contributed by atoms with van der Waals surface area (Å²) >= 11 is 0. The van der Waals surface area contributed by atoms with Crippen molar-refractivity contribution in [3.63, 3.8) is 0 Å². The van der Waals surface area contributed by atoms with Crippen molar-refractivity contribution in [2.75, 3.05) is 11.9 Å². The van der Waals surface area contributed by atoms with Gasteiger partial charge in [-0.1, -0.05) is 13.0 Å². The van der Waals surface area contributed by atoms with E-state index in [1.165, 1.54) is 0 Å². The van der Waals surface area contributed by atoms with Crippen LogP contribution in [0.3, 0.4) is 0 Å². The molecule has 1 aromatic carbocycles. The van der Waals surface area contributed by atoms with Crippen molar-refractivity contribution < 1.29 is 14.6 Å². The first-order valence-electron chi connectivity index (χ1n) is 6.34. The van der Waals surface area contributed by atoms with E-state index in [1.54, 1.807) is 25.1 Å². The van der Waals surface area contributed by atoms with E-state index in [1.807, 2.05) is 6.92 Å². The average molecular weight is 249 g/mol. The third kappa shape index (κ3) is 2.48. The Morgan fingerprint density at radius 3 is 3.06 bits per heavy atom. The Morgan fingerprint density at radius 1 is 1.56 bits per heavy atom. The van der Waals surface area contributed by atoms with Crippen LogP contribution < -0.4 is 5.32 Å². The molecule has 0 spiro atoms. The maximum absolute atomic E-state index is 12.2. The average Bonchev–Trinajstić information content (AvgIpc) is 2.83. The Morgan fingerprint density at radius 2 is 2.33 bits per heavy atom. The van der Waals surface area contributed by atoms with Crippen molar-refractivity contribution in [2.45, 2.75) is 32.8 Å². The minimum atomic E-state index is -0.0863. The van der Waals surface area contributed by atoms with Crippen LogP contribution in [0.4, 0.5) is 5.69 Å². The summed E-state index contributed by atoms with van der Waals surface area (Å²) in [5.74, 6) is 0.0901. The number of aromatic hydroxyl groups is 1. The van der Waals surface area contributed by atoms with Gasteiger partial charge >= 0.3 is 0 Å². The van der Waals surface area contributed by atoms with Crippen LogP contribution in [0.15, 0.2) is 18.2 Å². The summed E-state index contributed by atoms with van der Waals surface area (Å²) in [6.45, 7) is 4.46. The molecule has 2 N–H and O–H groups in total. The molecule has 0 radical (unpaired) electrons. The van der Waals surface area contributed by atoms with Crippen LogP contribution in [0.5, 0.6) is 5.75 Å². The van der Waals surface area contributed by atoms with E-state index < -0.39 is 0 Å². The lowest BCUT2D eigenvalue weighted by Gasteiger charge is -2.17. The zero-order valence-electron chi connectivity index (χ0n) is 10.8. The third-order valence-corrected chi connectivity index (χ3v) is 3.51. The first kappa shape index (κ1) is 12.9. The highest BCUT2D eigenvalue weighted by Crippen LogP contribution is 2.28. The number of ether oxygens (including phenoxy) is 1. The molecule has 18 heavy (non-hydrogen) atoms. The summed E-state index contributed by atoms with van der Waals surface area (Å²) in [5.41, 5.74) is 1.36. The van der Waals surface area contributed by atoms with Gasteiger partial charge in [0.1, 0.15) is 5.75 Å². The Labute approximate surface area is 107 Å². The number of anilines is 1. The fraction of sp³-hybridized carbons (Fsp3) is 0.500. The van der Waals surface area contributed by atoms with Gasteiger partial charge in [-0.25, -0.2) is 0 Å². The second-order valence-electron chi connectivity index (χ2n) is 4.65. The molecule has 0 bridgehead atoms. The topological polar surface area (TPSA) is 58.6 Å². The normalized spacial score (nSPS) is 23.0. The second kappa shape index (κ2) is 5.40. The van der Waals surface area contributed by atoms with Gasteiger partial charge in [-0.3, -0.25) is 4.79 Å². The number of carbonyl (C=O) groups is 1. The second-order valence-corrected chi connectivity index (χ2v) is 4.65. The number of hydrogen-bond acceptors (Lipinski definition) is 3. The number of carbonyl (C=O) groups excluding carboxylic acids is 1. The highest BCUT2D eigenvalue weighted by molar-refractivity contribution is 5.94. The molecule has 2 atom stereocenters. The minimum absolute atomic E-state index is 0.0163. The first-order valence-corrected chi connectivity index (χ1v) is 6.34. The molecular weight excluding hydrogens is 230 g/mol. The smallest absolute Gasteiger partial charge is 0.230 e. The number of amides is 1. The Balaban J connectivity index is 2.09. The third-order valence-electron chi connectivity index (χ3n) is 3.51. The van der Waals surface area contributed by atoms with E-state index in [0.717, 1.165) is 12.8 Å². The van der Waals surface area contributed by atoms with Crippen LogP contribution >= 0.6 is 0 Å². The summed E-state index contributed by atoms with van der Waals surface area (Å²) in [7, 11) is 0. The van der Waals surface area contributed by atoms with E-state index in [0.29, 0.717) is 17.9 Å². The highest BCUT2D eigenvalue weighted by atomic mass is 16.5. The summed E-state index contributed by atoms with van der Waals surface area (Å²) in [6.07, 6.45) is 1.63. The molecule has 1 aliphatic heterocycles. The van der Waals surface area contributed by atoms with Crippen LogP contribution in [-0.2, 0) is 9.53 Å². The maximum Gasteiger partial charge on any atom is 0.230 e. The van der Waals surface area contributed by atoms with Gasteiger partial charge in [-0.05, 0) is 31.9 Å². The number of phenolic OH excluding ortho intramolecular Hbond substituents is 1. The van der Waals surface area contributed by atoms with Crippen LogP contribution in [0, 0.1) is 12.8 Å². The molecule has 0 aliphatic carbocycles. The fourth-order valence-electron chi connectivity index (χ4n) is 2.34. The largest absolute Gasteiger partial charge is 0.508 e. The SMILES string of the molecule is CCC1OCCC1C(=O)Nc1cccc(O)c1C. The number of hydrogen-bond donors (Lipinski definition) is 2. The fourth-order valence-corrected chi connectivity index (χ4v) is 2.34. The van der Waals surface area contributed by atoms with Gasteiger partial charge in [-0.15, -0.1) is 0 Å². The molecule has 98 valence electrons. The van der Waals surface area contributed by atoms with Crippen molar-refractivity contribution in [3.05, 3.63) is 23.8 Å². The molecule has 1 saturated heterocycles. The van der Waals surface area contributed by atoms with Gasteiger partial charge in [0.05, 0.1) is 12.0 Å². The maximum atomic E-state index is 12.2.